The van der Waals surface area contributed by atoms with Gasteiger partial charge in [0.25, 0.3) is 0 Å². The first-order valence-corrected chi connectivity index (χ1v) is 4.49. The lowest BCUT2D eigenvalue weighted by Gasteiger charge is -2.25. The number of nitrogens with zero attached hydrogens (tertiary/aromatic N) is 1. The van der Waals surface area contributed by atoms with E-state index >= 15 is 0 Å². The van der Waals surface area contributed by atoms with Crippen molar-refractivity contribution >= 4 is 5.71 Å². The highest BCUT2D eigenvalue weighted by molar-refractivity contribution is 6.03. The van der Waals surface area contributed by atoms with Gasteiger partial charge in [0.1, 0.15) is 12.2 Å². The van der Waals surface area contributed by atoms with Gasteiger partial charge in [-0.05, 0) is 36.6 Å². The maximum atomic E-state index is 9.41. The van der Waals surface area contributed by atoms with Crippen LogP contribution in [0, 0.1) is 0 Å². The Morgan fingerprint density at radius 2 is 2.00 bits per heavy atom. The predicted molar refractivity (Wildman–Crippen MR) is 50.8 cm³/mol. The van der Waals surface area contributed by atoms with Crippen LogP contribution in [0.4, 0.5) is 0 Å². The minimum Gasteiger partial charge on any atom is -0.386 e. The van der Waals surface area contributed by atoms with Crippen LogP contribution in [0.5, 0.6) is 0 Å². The summed E-state index contributed by atoms with van der Waals surface area (Å²) in [6, 6.07) is 0. The number of aliphatic hydroxyl groups is 2. The van der Waals surface area contributed by atoms with Crippen LogP contribution in [-0.2, 0) is 0 Å². The molecule has 2 atom stereocenters. The zero-order valence-corrected chi connectivity index (χ0v) is 7.57. The topological polar surface area (TPSA) is 52.8 Å². The molecule has 2 aliphatic rings. The minimum atomic E-state index is -0.776. The molecule has 0 spiro atoms. The predicted octanol–water partition coefficient (Wildman–Crippen LogP) is 0.439. The fourth-order valence-corrected chi connectivity index (χ4v) is 1.77. The molecule has 2 N–H and O–H groups in total. The zero-order chi connectivity index (χ0) is 9.42. The van der Waals surface area contributed by atoms with Crippen LogP contribution < -0.4 is 0 Å². The van der Waals surface area contributed by atoms with E-state index < -0.39 is 12.2 Å². The molecule has 3 nitrogen and oxygen atoms in total. The van der Waals surface area contributed by atoms with Gasteiger partial charge in [-0.1, -0.05) is 0 Å². The third-order valence-electron chi connectivity index (χ3n) is 2.53. The highest BCUT2D eigenvalue weighted by Crippen LogP contribution is 2.26. The first-order valence-electron chi connectivity index (χ1n) is 4.49. The lowest BCUT2D eigenvalue weighted by molar-refractivity contribution is 0.0781. The summed E-state index contributed by atoms with van der Waals surface area (Å²) >= 11 is 0. The summed E-state index contributed by atoms with van der Waals surface area (Å²) in [6.07, 6.45) is 2.77. The van der Waals surface area contributed by atoms with Crippen molar-refractivity contribution in [2.24, 2.45) is 4.99 Å². The molecule has 1 aliphatic heterocycles. The number of hydrogen-bond donors (Lipinski definition) is 2. The second kappa shape index (κ2) is 3.09. The highest BCUT2D eigenvalue weighted by Gasteiger charge is 2.23. The van der Waals surface area contributed by atoms with Crippen LogP contribution in [0.1, 0.15) is 13.3 Å². The molecule has 3 heteroatoms. The van der Waals surface area contributed by atoms with E-state index in [1.807, 2.05) is 6.92 Å². The lowest BCUT2D eigenvalue weighted by Crippen LogP contribution is -2.28. The lowest BCUT2D eigenvalue weighted by atomic mass is 9.88. The largest absolute Gasteiger partial charge is 0.386 e. The van der Waals surface area contributed by atoms with Gasteiger partial charge in [-0.15, -0.1) is 0 Å². The van der Waals surface area contributed by atoms with Crippen molar-refractivity contribution < 1.29 is 10.2 Å². The number of aliphatic imine (C=N–C) groups is 1. The first kappa shape index (κ1) is 8.66. The van der Waals surface area contributed by atoms with E-state index in [9.17, 15) is 10.2 Å². The Morgan fingerprint density at radius 3 is 2.77 bits per heavy atom. The van der Waals surface area contributed by atoms with E-state index in [0.29, 0.717) is 0 Å². The molecule has 0 aromatic rings. The third kappa shape index (κ3) is 1.45. The molecule has 1 unspecified atom stereocenters. The van der Waals surface area contributed by atoms with Crippen molar-refractivity contribution in [3.8, 4) is 0 Å². The van der Waals surface area contributed by atoms with E-state index in [2.05, 4.69) is 4.99 Å². The van der Waals surface area contributed by atoms with Crippen LogP contribution >= 0.6 is 0 Å². The molecule has 2 rings (SSSR count). The number of fused-ring (bicyclic) bond motifs is 1. The standard InChI is InChI=1S/C10H13NO2/c1-6-8-5-10(13)9(12)4-7(8)2-3-11-6/h4-5,9-10,12-13H,2-3H2,1H3/t9-,10?/m1/s1. The van der Waals surface area contributed by atoms with Crippen LogP contribution in [-0.4, -0.2) is 34.7 Å². The average molecular weight is 179 g/mol. The van der Waals surface area contributed by atoms with Crippen molar-refractivity contribution in [3.05, 3.63) is 23.3 Å². The maximum Gasteiger partial charge on any atom is 0.103 e. The second-order valence-corrected chi connectivity index (χ2v) is 3.47. The normalized spacial score (nSPS) is 33.0. The van der Waals surface area contributed by atoms with Crippen molar-refractivity contribution in [2.45, 2.75) is 25.6 Å². The van der Waals surface area contributed by atoms with Gasteiger partial charge in [-0.25, -0.2) is 0 Å². The molecule has 70 valence electrons. The molecule has 0 bridgehead atoms. The molecule has 0 saturated heterocycles. The Morgan fingerprint density at radius 1 is 1.31 bits per heavy atom. The molecular weight excluding hydrogens is 166 g/mol. The second-order valence-electron chi connectivity index (χ2n) is 3.47. The molecule has 0 saturated carbocycles. The van der Waals surface area contributed by atoms with Crippen molar-refractivity contribution in [1.82, 2.24) is 0 Å². The van der Waals surface area contributed by atoms with Crippen LogP contribution in [0.3, 0.4) is 0 Å². The Labute approximate surface area is 77.1 Å². The number of allylic oxidation sites excluding steroid dienone is 1. The Hall–Kier alpha value is -0.930. The fourth-order valence-electron chi connectivity index (χ4n) is 1.77. The third-order valence-corrected chi connectivity index (χ3v) is 2.53. The minimum absolute atomic E-state index is 0.746. The average Bonchev–Trinajstić information content (AvgIpc) is 2.09. The summed E-state index contributed by atoms with van der Waals surface area (Å²) in [4.78, 5) is 4.29. The van der Waals surface area contributed by atoms with Crippen LogP contribution in [0.2, 0.25) is 0 Å². The first-order chi connectivity index (χ1) is 6.18. The fraction of sp³-hybridized carbons (Fsp3) is 0.500. The molecule has 0 aromatic carbocycles. The molecule has 1 aliphatic carbocycles. The van der Waals surface area contributed by atoms with E-state index in [0.717, 1.165) is 29.8 Å². The monoisotopic (exact) mass is 179 g/mol. The SMILES string of the molecule is CC1=NCCC2=C[C@@H](O)C(O)C=C21. The molecule has 13 heavy (non-hydrogen) atoms. The maximum absolute atomic E-state index is 9.41. The molecular formula is C10H13NO2. The Balaban J connectivity index is 2.38. The summed E-state index contributed by atoms with van der Waals surface area (Å²) in [5.74, 6) is 0. The Bertz CT molecular complexity index is 315. The van der Waals surface area contributed by atoms with E-state index in [1.165, 1.54) is 0 Å². The van der Waals surface area contributed by atoms with Gasteiger partial charge in [0.15, 0.2) is 0 Å². The summed E-state index contributed by atoms with van der Waals surface area (Å²) in [5.41, 5.74) is 3.08. The van der Waals surface area contributed by atoms with E-state index in [1.54, 1.807) is 12.2 Å². The van der Waals surface area contributed by atoms with Crippen LogP contribution in [0.15, 0.2) is 28.3 Å². The zero-order valence-electron chi connectivity index (χ0n) is 7.57. The van der Waals surface area contributed by atoms with Gasteiger partial charge in [-0.3, -0.25) is 4.99 Å². The van der Waals surface area contributed by atoms with Crippen LogP contribution in [0.25, 0.3) is 0 Å². The summed E-state index contributed by atoms with van der Waals surface area (Å²) in [6.45, 7) is 2.72. The van der Waals surface area contributed by atoms with E-state index in [-0.39, 0.29) is 0 Å². The summed E-state index contributed by atoms with van der Waals surface area (Å²) < 4.78 is 0. The molecule has 0 fully saturated rings. The molecule has 0 radical (unpaired) electrons. The number of hydrogen-bond acceptors (Lipinski definition) is 3. The van der Waals surface area contributed by atoms with E-state index in [4.69, 9.17) is 0 Å². The molecule has 1 heterocycles. The molecule has 0 amide bonds. The smallest absolute Gasteiger partial charge is 0.103 e. The van der Waals surface area contributed by atoms with Crippen molar-refractivity contribution in [3.63, 3.8) is 0 Å². The highest BCUT2D eigenvalue weighted by atomic mass is 16.3. The van der Waals surface area contributed by atoms with Gasteiger partial charge >= 0.3 is 0 Å². The molecule has 0 aromatic heterocycles. The Kier molecular flexibility index (Phi) is 2.06. The summed E-state index contributed by atoms with van der Waals surface area (Å²) in [5, 5.41) is 18.8. The van der Waals surface area contributed by atoms with Gasteiger partial charge in [-0.2, -0.15) is 0 Å². The summed E-state index contributed by atoms with van der Waals surface area (Å²) in [7, 11) is 0. The number of rotatable bonds is 0. The van der Waals surface area contributed by atoms with Gasteiger partial charge in [0, 0.05) is 12.3 Å². The van der Waals surface area contributed by atoms with Gasteiger partial charge in [0.05, 0.1) is 0 Å². The quantitative estimate of drug-likeness (QED) is 0.567. The van der Waals surface area contributed by atoms with Gasteiger partial charge < -0.3 is 10.2 Å². The van der Waals surface area contributed by atoms with Crippen molar-refractivity contribution in [1.29, 1.82) is 0 Å². The van der Waals surface area contributed by atoms with Crippen molar-refractivity contribution in [2.75, 3.05) is 6.54 Å². The van der Waals surface area contributed by atoms with Gasteiger partial charge in [0.2, 0.25) is 0 Å². The number of aliphatic hydroxyl groups excluding tert-OH is 2.